The molecule has 2 heterocycles. The van der Waals surface area contributed by atoms with Crippen molar-refractivity contribution in [3.05, 3.63) is 40.4 Å². The molecule has 1 aromatic heterocycles. The number of aromatic nitrogens is 1. The number of fused-ring (bicyclic) bond motifs is 1. The number of likely N-dealkylation sites (tertiary alicyclic amines) is 1. The largest absolute Gasteiger partial charge is 0.359 e. The first-order valence-electron chi connectivity index (χ1n) is 14.9. The molecule has 2 aromatic rings. The van der Waals surface area contributed by atoms with E-state index in [0.29, 0.717) is 30.2 Å². The Balaban J connectivity index is 1.40. The lowest BCUT2D eigenvalue weighted by molar-refractivity contribution is -0.131. The Kier molecular flexibility index (Phi) is 12.0. The van der Waals surface area contributed by atoms with Gasteiger partial charge in [0.15, 0.2) is 5.78 Å². The highest BCUT2D eigenvalue weighted by Gasteiger charge is 2.30. The highest BCUT2D eigenvalue weighted by molar-refractivity contribution is 7.18. The molecule has 0 spiro atoms. The zero-order valence-electron chi connectivity index (χ0n) is 23.6. The minimum atomic E-state index is -0.540. The quantitative estimate of drug-likeness (QED) is 0.294. The van der Waals surface area contributed by atoms with Crippen LogP contribution < -0.4 is 10.6 Å². The van der Waals surface area contributed by atoms with E-state index in [1.165, 1.54) is 37.0 Å². The Morgan fingerprint density at radius 1 is 1.12 bits per heavy atom. The molecule has 4 rings (SSSR count). The zero-order chi connectivity index (χ0) is 28.3. The van der Waals surface area contributed by atoms with Crippen LogP contribution >= 0.6 is 22.9 Å². The van der Waals surface area contributed by atoms with Crippen LogP contribution in [0.1, 0.15) is 75.6 Å². The van der Waals surface area contributed by atoms with Crippen molar-refractivity contribution in [1.29, 1.82) is 0 Å². The third-order valence-corrected chi connectivity index (χ3v) is 9.54. The van der Waals surface area contributed by atoms with Crippen LogP contribution in [0, 0.1) is 11.8 Å². The second-order valence-electron chi connectivity index (χ2n) is 11.3. The summed E-state index contributed by atoms with van der Waals surface area (Å²) in [7, 11) is 1.59. The van der Waals surface area contributed by atoms with Gasteiger partial charge in [0.25, 0.3) is 0 Å². The van der Waals surface area contributed by atoms with Crippen LogP contribution in [-0.2, 0) is 20.8 Å². The number of nitrogens with zero attached hydrogens (tertiary/aromatic N) is 2. The third kappa shape index (κ3) is 9.38. The molecule has 7 nitrogen and oxygen atoms in total. The summed E-state index contributed by atoms with van der Waals surface area (Å²) in [6.07, 6.45) is 14.6. The normalized spacial score (nSPS) is 18.6. The first-order chi connectivity index (χ1) is 19.4. The van der Waals surface area contributed by atoms with Crippen LogP contribution in [0.5, 0.6) is 0 Å². The summed E-state index contributed by atoms with van der Waals surface area (Å²) in [5.41, 5.74) is 0.843. The lowest BCUT2D eigenvalue weighted by Gasteiger charge is -2.32. The maximum Gasteiger partial charge on any atom is 0.224 e. The Bertz CT molecular complexity index is 1170. The smallest absolute Gasteiger partial charge is 0.224 e. The molecule has 40 heavy (non-hydrogen) atoms. The van der Waals surface area contributed by atoms with Gasteiger partial charge in [0.05, 0.1) is 21.1 Å². The summed E-state index contributed by atoms with van der Waals surface area (Å²) >= 11 is 7.66. The molecule has 2 N–H and O–H groups in total. The van der Waals surface area contributed by atoms with E-state index in [4.69, 9.17) is 16.6 Å². The number of amides is 2. The molecule has 0 radical (unpaired) electrons. The maximum atomic E-state index is 13.7. The molecule has 1 aliphatic carbocycles. The van der Waals surface area contributed by atoms with Crippen molar-refractivity contribution < 1.29 is 14.4 Å². The van der Waals surface area contributed by atoms with Gasteiger partial charge in [0.2, 0.25) is 11.8 Å². The molecule has 1 saturated heterocycles. The van der Waals surface area contributed by atoms with Crippen molar-refractivity contribution in [2.24, 2.45) is 11.8 Å². The zero-order valence-corrected chi connectivity index (χ0v) is 25.2. The van der Waals surface area contributed by atoms with Gasteiger partial charge in [-0.25, -0.2) is 4.98 Å². The van der Waals surface area contributed by atoms with E-state index in [1.807, 2.05) is 18.2 Å². The van der Waals surface area contributed by atoms with Gasteiger partial charge in [0, 0.05) is 43.9 Å². The number of hydrogen-bond acceptors (Lipinski definition) is 6. The number of ketones is 1. The van der Waals surface area contributed by atoms with Crippen LogP contribution in [0.3, 0.4) is 0 Å². The predicted molar refractivity (Wildman–Crippen MR) is 163 cm³/mol. The molecule has 9 heteroatoms. The molecule has 2 fully saturated rings. The molecule has 0 bridgehead atoms. The van der Waals surface area contributed by atoms with E-state index in [1.54, 1.807) is 19.2 Å². The first kappa shape index (κ1) is 30.7. The summed E-state index contributed by atoms with van der Waals surface area (Å²) in [5, 5.41) is 7.41. The van der Waals surface area contributed by atoms with E-state index in [0.717, 1.165) is 60.5 Å². The number of hydrogen-bond donors (Lipinski definition) is 2. The highest BCUT2D eigenvalue weighted by Crippen LogP contribution is 2.30. The Hall–Kier alpha value is -2.29. The van der Waals surface area contributed by atoms with Crippen LogP contribution in [0.4, 0.5) is 0 Å². The van der Waals surface area contributed by atoms with Gasteiger partial charge in [-0.05, 0) is 75.4 Å². The minimum Gasteiger partial charge on any atom is -0.359 e. The van der Waals surface area contributed by atoms with Crippen molar-refractivity contribution in [2.75, 3.05) is 26.7 Å². The van der Waals surface area contributed by atoms with Gasteiger partial charge < -0.3 is 10.6 Å². The van der Waals surface area contributed by atoms with Gasteiger partial charge in [-0.1, -0.05) is 43.4 Å². The van der Waals surface area contributed by atoms with E-state index < -0.39 is 5.92 Å². The minimum absolute atomic E-state index is 0.0754. The van der Waals surface area contributed by atoms with Crippen LogP contribution in [-0.4, -0.2) is 60.2 Å². The predicted octanol–water partition coefficient (Wildman–Crippen LogP) is 5.70. The summed E-state index contributed by atoms with van der Waals surface area (Å²) < 4.78 is 0.966. The average molecular weight is 587 g/mol. The number of rotatable bonds is 13. The molecular formula is C31H43ClN4O3S. The number of carbonyl (C=O) groups is 3. The standard InChI is InChI=1S/C31H43ClN4O3S/c1-33-29(38)19-23(20-30-34-27-14-12-24(32)21-28(27)40-30)31(39)35-26(22-9-4-2-5-10-22)15-13-25(37)11-8-18-36-16-6-3-7-17-36/h8,11-12,14,21-23,26H,2-7,9-10,13,15-20H2,1H3,(H,33,38)(H,35,39)/b11-8+/t23-,26+/m0/s1. The van der Waals surface area contributed by atoms with Crippen LogP contribution in [0.15, 0.2) is 30.4 Å². The number of thiazole rings is 1. The number of carbonyl (C=O) groups excluding carboxylic acids is 3. The Morgan fingerprint density at radius 3 is 2.62 bits per heavy atom. The van der Waals surface area contributed by atoms with Crippen LogP contribution in [0.25, 0.3) is 10.2 Å². The van der Waals surface area contributed by atoms with Crippen molar-refractivity contribution in [2.45, 2.75) is 83.1 Å². The summed E-state index contributed by atoms with van der Waals surface area (Å²) in [6, 6.07) is 5.49. The average Bonchev–Trinajstić information content (AvgIpc) is 3.37. The van der Waals surface area contributed by atoms with Crippen LogP contribution in [0.2, 0.25) is 5.02 Å². The molecule has 1 aliphatic heterocycles. The summed E-state index contributed by atoms with van der Waals surface area (Å²) in [6.45, 7) is 3.04. The monoisotopic (exact) mass is 586 g/mol. The van der Waals surface area contributed by atoms with Gasteiger partial charge >= 0.3 is 0 Å². The molecular weight excluding hydrogens is 544 g/mol. The summed E-state index contributed by atoms with van der Waals surface area (Å²) in [5.74, 6) is -0.380. The first-order valence-corrected chi connectivity index (χ1v) is 16.1. The molecule has 2 atom stereocenters. The molecule has 1 aromatic carbocycles. The lowest BCUT2D eigenvalue weighted by atomic mass is 9.81. The number of allylic oxidation sites excluding steroid dienone is 1. The lowest BCUT2D eigenvalue weighted by Crippen LogP contribution is -2.45. The van der Waals surface area contributed by atoms with Crippen molar-refractivity contribution in [1.82, 2.24) is 20.5 Å². The second-order valence-corrected chi connectivity index (χ2v) is 12.8. The number of benzene rings is 1. The molecule has 218 valence electrons. The number of piperidine rings is 1. The Morgan fingerprint density at radius 2 is 1.88 bits per heavy atom. The number of halogens is 1. The maximum absolute atomic E-state index is 13.7. The van der Waals surface area contributed by atoms with Crippen molar-refractivity contribution in [3.63, 3.8) is 0 Å². The van der Waals surface area contributed by atoms with Gasteiger partial charge in [-0.3, -0.25) is 19.3 Å². The Labute approximate surface area is 247 Å². The fraction of sp³-hybridized carbons (Fsp3) is 0.613. The van der Waals surface area contributed by atoms with Gasteiger partial charge in [-0.15, -0.1) is 11.3 Å². The second kappa shape index (κ2) is 15.6. The van der Waals surface area contributed by atoms with Crippen molar-refractivity contribution >= 4 is 50.8 Å². The van der Waals surface area contributed by atoms with E-state index in [-0.39, 0.29) is 30.1 Å². The van der Waals surface area contributed by atoms with Gasteiger partial charge in [0.1, 0.15) is 0 Å². The van der Waals surface area contributed by atoms with E-state index in [2.05, 4.69) is 15.5 Å². The van der Waals surface area contributed by atoms with E-state index in [9.17, 15) is 14.4 Å². The summed E-state index contributed by atoms with van der Waals surface area (Å²) in [4.78, 5) is 45.9. The van der Waals surface area contributed by atoms with E-state index >= 15 is 0 Å². The van der Waals surface area contributed by atoms with Gasteiger partial charge in [-0.2, -0.15) is 0 Å². The SMILES string of the molecule is CNC(=O)C[C@@H](Cc1nc2ccc(Cl)cc2s1)C(=O)N[C@H](CCC(=O)/C=C/CN1CCCCC1)C1CCCCC1. The third-order valence-electron chi connectivity index (χ3n) is 8.26. The number of nitrogens with one attached hydrogen (secondary N) is 2. The molecule has 0 unspecified atom stereocenters. The molecule has 2 aliphatic rings. The molecule has 2 amide bonds. The topological polar surface area (TPSA) is 91.4 Å². The fourth-order valence-corrected chi connectivity index (χ4v) is 7.27. The molecule has 1 saturated carbocycles. The fourth-order valence-electron chi connectivity index (χ4n) is 5.95. The highest BCUT2D eigenvalue weighted by atomic mass is 35.5. The van der Waals surface area contributed by atoms with Crippen molar-refractivity contribution in [3.8, 4) is 0 Å².